The molecule has 21 heavy (non-hydrogen) atoms. The second-order valence-electron chi connectivity index (χ2n) is 5.29. The normalized spacial score (nSPS) is 17.6. The molecular weight excluding hydrogens is 297 g/mol. The highest BCUT2D eigenvalue weighted by Gasteiger charge is 2.27. The van der Waals surface area contributed by atoms with Gasteiger partial charge in [0.15, 0.2) is 6.10 Å². The Labute approximate surface area is 128 Å². The number of nitrogens with zero attached hydrogens (tertiary/aromatic N) is 1. The number of ether oxygens (including phenoxy) is 1. The minimum Gasteiger partial charge on any atom is -0.479 e. The minimum absolute atomic E-state index is 0.119. The lowest BCUT2D eigenvalue weighted by molar-refractivity contribution is -0.139. The fraction of sp³-hybridized carbons (Fsp3) is 0.533. The van der Waals surface area contributed by atoms with Crippen molar-refractivity contribution in [1.29, 1.82) is 0 Å². The number of carbonyl (C=O) groups is 1. The van der Waals surface area contributed by atoms with E-state index < -0.39 is 11.9 Å². The Morgan fingerprint density at radius 1 is 1.52 bits per heavy atom. The van der Waals surface area contributed by atoms with Crippen LogP contribution >= 0.6 is 11.6 Å². The van der Waals surface area contributed by atoms with Gasteiger partial charge in [0.2, 0.25) is 0 Å². The molecule has 0 aromatic heterocycles. The van der Waals surface area contributed by atoms with E-state index in [0.29, 0.717) is 18.8 Å². The van der Waals surface area contributed by atoms with E-state index in [1.807, 2.05) is 0 Å². The summed E-state index contributed by atoms with van der Waals surface area (Å²) >= 11 is 5.88. The van der Waals surface area contributed by atoms with Crippen LogP contribution in [0.2, 0.25) is 5.02 Å². The van der Waals surface area contributed by atoms with Gasteiger partial charge in [-0.15, -0.1) is 0 Å². The molecule has 1 saturated heterocycles. The Kier molecular flexibility index (Phi) is 5.42. The average molecular weight is 316 g/mol. The van der Waals surface area contributed by atoms with Gasteiger partial charge in [-0.2, -0.15) is 0 Å². The summed E-state index contributed by atoms with van der Waals surface area (Å²) in [6.07, 6.45) is 0.914. The molecule has 0 aliphatic carbocycles. The van der Waals surface area contributed by atoms with Crippen LogP contribution in [0.15, 0.2) is 18.2 Å². The Hall–Kier alpha value is -1.33. The topological polar surface area (TPSA) is 49.8 Å². The van der Waals surface area contributed by atoms with Crippen LogP contribution in [0.5, 0.6) is 5.75 Å². The summed E-state index contributed by atoms with van der Waals surface area (Å²) in [6.45, 7) is 3.06. The third-order valence-electron chi connectivity index (χ3n) is 3.73. The van der Waals surface area contributed by atoms with Crippen molar-refractivity contribution in [1.82, 2.24) is 4.90 Å². The number of hydrogen-bond acceptors (Lipinski definition) is 3. The number of rotatable bonds is 4. The van der Waals surface area contributed by atoms with E-state index in [2.05, 4.69) is 0 Å². The van der Waals surface area contributed by atoms with Gasteiger partial charge in [0.25, 0.3) is 5.91 Å². The molecule has 4 nitrogen and oxygen atoms in total. The van der Waals surface area contributed by atoms with Gasteiger partial charge in [-0.3, -0.25) is 4.79 Å². The van der Waals surface area contributed by atoms with Crippen molar-refractivity contribution in [3.63, 3.8) is 0 Å². The summed E-state index contributed by atoms with van der Waals surface area (Å²) in [7, 11) is 0. The molecule has 1 aliphatic heterocycles. The van der Waals surface area contributed by atoms with Gasteiger partial charge in [-0.25, -0.2) is 4.39 Å². The Balaban J connectivity index is 1.93. The number of likely N-dealkylation sites (tertiary alicyclic amines) is 1. The van der Waals surface area contributed by atoms with Crippen LogP contribution in [0, 0.1) is 11.7 Å². The summed E-state index contributed by atoms with van der Waals surface area (Å²) in [4.78, 5) is 14.0. The van der Waals surface area contributed by atoms with Crippen molar-refractivity contribution in [2.75, 3.05) is 19.7 Å². The lowest BCUT2D eigenvalue weighted by atomic mass is 9.97. The number of halogens is 2. The van der Waals surface area contributed by atoms with E-state index in [1.54, 1.807) is 11.8 Å². The van der Waals surface area contributed by atoms with Gasteiger partial charge in [0.05, 0.1) is 5.02 Å². The highest BCUT2D eigenvalue weighted by atomic mass is 35.5. The smallest absolute Gasteiger partial charge is 0.263 e. The van der Waals surface area contributed by atoms with E-state index in [-0.39, 0.29) is 23.5 Å². The van der Waals surface area contributed by atoms with Gasteiger partial charge in [0.1, 0.15) is 11.6 Å². The average Bonchev–Trinajstić information content (AvgIpc) is 2.49. The van der Waals surface area contributed by atoms with Crippen LogP contribution in [0.25, 0.3) is 0 Å². The number of hydrogen-bond donors (Lipinski definition) is 1. The first-order valence-corrected chi connectivity index (χ1v) is 7.40. The molecule has 6 heteroatoms. The molecule has 0 bridgehead atoms. The van der Waals surface area contributed by atoms with Gasteiger partial charge in [-0.05, 0) is 43.9 Å². The lowest BCUT2D eigenvalue weighted by Crippen LogP contribution is -2.45. The first-order valence-electron chi connectivity index (χ1n) is 7.02. The van der Waals surface area contributed by atoms with Gasteiger partial charge >= 0.3 is 0 Å². The first kappa shape index (κ1) is 16.0. The van der Waals surface area contributed by atoms with Crippen molar-refractivity contribution in [2.24, 2.45) is 5.92 Å². The molecule has 1 amide bonds. The zero-order chi connectivity index (χ0) is 15.4. The van der Waals surface area contributed by atoms with E-state index >= 15 is 0 Å². The Morgan fingerprint density at radius 2 is 2.19 bits per heavy atom. The maximum absolute atomic E-state index is 13.0. The zero-order valence-corrected chi connectivity index (χ0v) is 12.6. The van der Waals surface area contributed by atoms with Crippen molar-refractivity contribution in [3.05, 3.63) is 29.0 Å². The number of benzene rings is 1. The van der Waals surface area contributed by atoms with Crippen LogP contribution in [-0.4, -0.2) is 41.7 Å². The SMILES string of the molecule is CC(Oc1ccc(F)cc1Cl)C(=O)N1CCC(CO)CC1. The Bertz CT molecular complexity index is 504. The molecule has 1 atom stereocenters. The number of aliphatic hydroxyl groups excluding tert-OH is 1. The van der Waals surface area contributed by atoms with E-state index in [1.165, 1.54) is 12.1 Å². The van der Waals surface area contributed by atoms with E-state index in [0.717, 1.165) is 18.9 Å². The van der Waals surface area contributed by atoms with Crippen molar-refractivity contribution in [2.45, 2.75) is 25.9 Å². The molecule has 1 heterocycles. The molecular formula is C15H19ClFNO3. The maximum atomic E-state index is 13.0. The second kappa shape index (κ2) is 7.09. The van der Waals surface area contributed by atoms with Crippen LogP contribution in [0.1, 0.15) is 19.8 Å². The maximum Gasteiger partial charge on any atom is 0.263 e. The zero-order valence-electron chi connectivity index (χ0n) is 11.9. The van der Waals surface area contributed by atoms with Crippen molar-refractivity contribution < 1.29 is 19.0 Å². The molecule has 0 saturated carbocycles. The summed E-state index contributed by atoms with van der Waals surface area (Å²) in [5.74, 6) is 0.00478. The molecule has 1 unspecified atom stereocenters. The predicted molar refractivity (Wildman–Crippen MR) is 77.9 cm³/mol. The number of aliphatic hydroxyl groups is 1. The fourth-order valence-electron chi connectivity index (χ4n) is 2.40. The second-order valence-corrected chi connectivity index (χ2v) is 5.69. The van der Waals surface area contributed by atoms with Crippen LogP contribution in [0.4, 0.5) is 4.39 Å². The van der Waals surface area contributed by atoms with Gasteiger partial charge in [0, 0.05) is 19.7 Å². The molecule has 2 rings (SSSR count). The standard InChI is InChI=1S/C15H19ClFNO3/c1-10(21-14-3-2-12(17)8-13(14)16)15(20)18-6-4-11(9-19)5-7-18/h2-3,8,10-11,19H,4-7,9H2,1H3. The van der Waals surface area contributed by atoms with Gasteiger partial charge < -0.3 is 14.7 Å². The number of amides is 1. The highest BCUT2D eigenvalue weighted by Crippen LogP contribution is 2.26. The molecule has 1 fully saturated rings. The van der Waals surface area contributed by atoms with Crippen molar-refractivity contribution >= 4 is 17.5 Å². The largest absolute Gasteiger partial charge is 0.479 e. The summed E-state index contributed by atoms with van der Waals surface area (Å²) in [6, 6.07) is 3.81. The molecule has 1 aromatic rings. The molecule has 1 aromatic carbocycles. The van der Waals surface area contributed by atoms with Gasteiger partial charge in [-0.1, -0.05) is 11.6 Å². The van der Waals surface area contributed by atoms with Crippen molar-refractivity contribution in [3.8, 4) is 5.75 Å². The van der Waals surface area contributed by atoms with Crippen LogP contribution in [0.3, 0.4) is 0 Å². The predicted octanol–water partition coefficient (Wildman–Crippen LogP) is 2.48. The van der Waals surface area contributed by atoms with E-state index in [9.17, 15) is 9.18 Å². The van der Waals surface area contributed by atoms with E-state index in [4.69, 9.17) is 21.4 Å². The number of piperidine rings is 1. The van der Waals surface area contributed by atoms with Crippen LogP contribution in [-0.2, 0) is 4.79 Å². The minimum atomic E-state index is -0.682. The Morgan fingerprint density at radius 3 is 2.76 bits per heavy atom. The summed E-state index contributed by atoms with van der Waals surface area (Å²) in [5, 5.41) is 9.25. The monoisotopic (exact) mass is 315 g/mol. The number of carbonyl (C=O) groups excluding carboxylic acids is 1. The molecule has 116 valence electrons. The third kappa shape index (κ3) is 4.08. The molecule has 0 radical (unpaired) electrons. The quantitative estimate of drug-likeness (QED) is 0.928. The lowest BCUT2D eigenvalue weighted by Gasteiger charge is -2.32. The highest BCUT2D eigenvalue weighted by molar-refractivity contribution is 6.32. The third-order valence-corrected chi connectivity index (χ3v) is 4.03. The molecule has 1 N–H and O–H groups in total. The fourth-order valence-corrected chi connectivity index (χ4v) is 2.62. The van der Waals surface area contributed by atoms with Crippen LogP contribution < -0.4 is 4.74 Å². The summed E-state index contributed by atoms with van der Waals surface area (Å²) < 4.78 is 18.5. The first-order chi connectivity index (χ1) is 10.0. The molecule has 1 aliphatic rings. The molecule has 0 spiro atoms. The summed E-state index contributed by atoms with van der Waals surface area (Å²) in [5.41, 5.74) is 0.